The molecule has 1 heterocycles. The molecule has 1 aromatic carbocycles. The second kappa shape index (κ2) is 4.00. The first kappa shape index (κ1) is 10.7. The maximum Gasteiger partial charge on any atom is 0.306 e. The molecule has 1 N–H and O–H groups in total. The van der Waals surface area contributed by atoms with E-state index < -0.39 is 11.6 Å². The summed E-state index contributed by atoms with van der Waals surface area (Å²) < 4.78 is 22.9. The first-order valence-electron chi connectivity index (χ1n) is 4.84. The molecule has 0 aliphatic carbocycles. The Morgan fingerprint density at radius 3 is 3.12 bits per heavy atom. The molecule has 0 aromatic heterocycles. The van der Waals surface area contributed by atoms with Crippen LogP contribution in [0.1, 0.15) is 17.9 Å². The summed E-state index contributed by atoms with van der Waals surface area (Å²) in [6.45, 7) is 0.299. The lowest BCUT2D eigenvalue weighted by Gasteiger charge is -2.06. The number of ether oxygens (including phenoxy) is 2. The summed E-state index contributed by atoms with van der Waals surface area (Å²) in [6, 6.07) is 2.42. The van der Waals surface area contributed by atoms with Crippen LogP contribution in [0.5, 0.6) is 11.5 Å². The minimum atomic E-state index is -0.709. The lowest BCUT2D eigenvalue weighted by atomic mass is 9.98. The molecule has 86 valence electrons. The highest BCUT2D eigenvalue weighted by Crippen LogP contribution is 2.39. The summed E-state index contributed by atoms with van der Waals surface area (Å²) in [5.74, 6) is -1.31. The Morgan fingerprint density at radius 1 is 1.69 bits per heavy atom. The van der Waals surface area contributed by atoms with E-state index >= 15 is 0 Å². The van der Waals surface area contributed by atoms with Gasteiger partial charge >= 0.3 is 5.97 Å². The number of carbonyl (C=O) groups excluding carboxylic acids is 1. The molecule has 1 aromatic rings. The Bertz CT molecular complexity index is 430. The molecular weight excluding hydrogens is 215 g/mol. The van der Waals surface area contributed by atoms with Crippen molar-refractivity contribution in [2.75, 3.05) is 13.7 Å². The van der Waals surface area contributed by atoms with Crippen molar-refractivity contribution < 1.29 is 23.8 Å². The quantitative estimate of drug-likeness (QED) is 0.778. The Hall–Kier alpha value is -1.78. The Kier molecular flexibility index (Phi) is 2.68. The molecule has 0 amide bonds. The summed E-state index contributed by atoms with van der Waals surface area (Å²) in [4.78, 5) is 11.1. The minimum absolute atomic E-state index is 0.147. The fraction of sp³-hybridized carbons (Fsp3) is 0.364. The molecule has 1 aliphatic rings. The van der Waals surface area contributed by atoms with Gasteiger partial charge in [0.2, 0.25) is 0 Å². The molecule has 0 saturated heterocycles. The second-order valence-electron chi connectivity index (χ2n) is 3.63. The van der Waals surface area contributed by atoms with Gasteiger partial charge in [-0.1, -0.05) is 0 Å². The third-order valence-electron chi connectivity index (χ3n) is 2.60. The summed E-state index contributed by atoms with van der Waals surface area (Å²) in [5, 5.41) is 9.15. The highest BCUT2D eigenvalue weighted by atomic mass is 19.1. The predicted octanol–water partition coefficient (Wildman–Crippen LogP) is 1.57. The fourth-order valence-electron chi connectivity index (χ4n) is 1.74. The van der Waals surface area contributed by atoms with E-state index in [1.807, 2.05) is 0 Å². The minimum Gasteiger partial charge on any atom is -0.505 e. The number of esters is 1. The molecule has 1 aliphatic heterocycles. The summed E-state index contributed by atoms with van der Waals surface area (Å²) in [6.07, 6.45) is 0.147. The molecule has 0 bridgehead atoms. The van der Waals surface area contributed by atoms with E-state index in [-0.39, 0.29) is 18.3 Å². The molecule has 5 heteroatoms. The van der Waals surface area contributed by atoms with Crippen LogP contribution in [0.2, 0.25) is 0 Å². The van der Waals surface area contributed by atoms with Gasteiger partial charge in [-0.2, -0.15) is 0 Å². The van der Waals surface area contributed by atoms with Crippen LogP contribution >= 0.6 is 0 Å². The molecule has 2 rings (SSSR count). The third-order valence-corrected chi connectivity index (χ3v) is 2.60. The molecule has 16 heavy (non-hydrogen) atoms. The molecule has 0 fully saturated rings. The smallest absolute Gasteiger partial charge is 0.306 e. The lowest BCUT2D eigenvalue weighted by molar-refractivity contribution is -0.141. The van der Waals surface area contributed by atoms with Crippen molar-refractivity contribution in [3.05, 3.63) is 23.5 Å². The van der Waals surface area contributed by atoms with E-state index in [4.69, 9.17) is 9.84 Å². The maximum absolute atomic E-state index is 13.1. The maximum atomic E-state index is 13.1. The van der Waals surface area contributed by atoms with Crippen molar-refractivity contribution >= 4 is 5.97 Å². The highest BCUT2D eigenvalue weighted by Gasteiger charge is 2.28. The van der Waals surface area contributed by atoms with E-state index in [0.29, 0.717) is 17.9 Å². The third kappa shape index (κ3) is 1.80. The van der Waals surface area contributed by atoms with Gasteiger partial charge in [0.05, 0.1) is 20.1 Å². The fourth-order valence-corrected chi connectivity index (χ4v) is 1.74. The molecule has 0 spiro atoms. The number of phenolic OH excluding ortho intramolecular Hbond substituents is 1. The first-order valence-corrected chi connectivity index (χ1v) is 4.84. The topological polar surface area (TPSA) is 55.8 Å². The number of rotatable bonds is 2. The van der Waals surface area contributed by atoms with E-state index in [2.05, 4.69) is 4.74 Å². The van der Waals surface area contributed by atoms with Crippen molar-refractivity contribution in [3.8, 4) is 11.5 Å². The number of methoxy groups -OCH3 is 1. The molecule has 4 nitrogen and oxygen atoms in total. The zero-order chi connectivity index (χ0) is 11.7. The second-order valence-corrected chi connectivity index (χ2v) is 3.63. The summed E-state index contributed by atoms with van der Waals surface area (Å²) in [7, 11) is 1.30. The van der Waals surface area contributed by atoms with Crippen LogP contribution in [0.15, 0.2) is 12.1 Å². The van der Waals surface area contributed by atoms with Gasteiger partial charge in [0.25, 0.3) is 0 Å². The van der Waals surface area contributed by atoms with Gasteiger partial charge in [-0.15, -0.1) is 0 Å². The van der Waals surface area contributed by atoms with Gasteiger partial charge in [0.1, 0.15) is 5.75 Å². The zero-order valence-electron chi connectivity index (χ0n) is 8.70. The van der Waals surface area contributed by atoms with E-state index in [0.717, 1.165) is 0 Å². The van der Waals surface area contributed by atoms with E-state index in [1.165, 1.54) is 19.2 Å². The van der Waals surface area contributed by atoms with Crippen molar-refractivity contribution in [1.29, 1.82) is 0 Å². The monoisotopic (exact) mass is 226 g/mol. The van der Waals surface area contributed by atoms with Gasteiger partial charge in [-0.05, 0) is 6.07 Å². The predicted molar refractivity (Wildman–Crippen MR) is 52.9 cm³/mol. The molecule has 1 unspecified atom stereocenters. The summed E-state index contributed by atoms with van der Waals surface area (Å²) >= 11 is 0. The molecule has 0 saturated carbocycles. The normalized spacial score (nSPS) is 17.8. The van der Waals surface area contributed by atoms with Crippen molar-refractivity contribution in [2.24, 2.45) is 0 Å². The van der Waals surface area contributed by atoms with Gasteiger partial charge in [-0.3, -0.25) is 4.79 Å². The average Bonchev–Trinajstić information content (AvgIpc) is 2.62. The number of hydrogen-bond acceptors (Lipinski definition) is 4. The van der Waals surface area contributed by atoms with Crippen LogP contribution in [0.4, 0.5) is 4.39 Å². The van der Waals surface area contributed by atoms with Crippen LogP contribution < -0.4 is 4.74 Å². The molecule has 1 atom stereocenters. The van der Waals surface area contributed by atoms with Crippen LogP contribution in [0, 0.1) is 5.82 Å². The van der Waals surface area contributed by atoms with Gasteiger partial charge < -0.3 is 14.6 Å². The first-order chi connectivity index (χ1) is 7.61. The van der Waals surface area contributed by atoms with Crippen molar-refractivity contribution in [2.45, 2.75) is 12.3 Å². The van der Waals surface area contributed by atoms with Gasteiger partial charge in [0.15, 0.2) is 11.6 Å². The van der Waals surface area contributed by atoms with Crippen molar-refractivity contribution in [1.82, 2.24) is 0 Å². The number of fused-ring (bicyclic) bond motifs is 1. The Balaban J connectivity index is 2.25. The number of phenols is 1. The average molecular weight is 226 g/mol. The van der Waals surface area contributed by atoms with E-state index in [1.54, 1.807) is 0 Å². The highest BCUT2D eigenvalue weighted by molar-refractivity contribution is 5.71. The largest absolute Gasteiger partial charge is 0.505 e. The Labute approximate surface area is 91.6 Å². The number of halogens is 1. The van der Waals surface area contributed by atoms with Crippen molar-refractivity contribution in [3.63, 3.8) is 0 Å². The van der Waals surface area contributed by atoms with Crippen LogP contribution in [-0.2, 0) is 9.53 Å². The number of benzene rings is 1. The Morgan fingerprint density at radius 2 is 2.44 bits per heavy atom. The van der Waals surface area contributed by atoms with Gasteiger partial charge in [-0.25, -0.2) is 4.39 Å². The number of hydrogen-bond donors (Lipinski definition) is 1. The lowest BCUT2D eigenvalue weighted by Crippen LogP contribution is -2.09. The van der Waals surface area contributed by atoms with Crippen LogP contribution in [-0.4, -0.2) is 24.8 Å². The summed E-state index contributed by atoms with van der Waals surface area (Å²) in [5.41, 5.74) is 0.598. The van der Waals surface area contributed by atoms with Crippen LogP contribution in [0.3, 0.4) is 0 Å². The molecule has 0 radical (unpaired) electrons. The zero-order valence-corrected chi connectivity index (χ0v) is 8.70. The van der Waals surface area contributed by atoms with Crippen LogP contribution in [0.25, 0.3) is 0 Å². The molecular formula is C11H11FO4. The number of carbonyl (C=O) groups is 1. The number of aromatic hydroxyl groups is 1. The van der Waals surface area contributed by atoms with E-state index in [9.17, 15) is 9.18 Å². The standard InChI is InChI=1S/C11H11FO4/c1-15-11(14)2-6-5-16-10-4-9(13)8(12)3-7(6)10/h3-4,6,13H,2,5H2,1H3. The van der Waals surface area contributed by atoms with Gasteiger partial charge in [0, 0.05) is 17.5 Å². The SMILES string of the molecule is COC(=O)CC1COc2cc(O)c(F)cc21.